The van der Waals surface area contributed by atoms with Gasteiger partial charge in [0.05, 0.1) is 11.5 Å². The van der Waals surface area contributed by atoms with Crippen molar-refractivity contribution in [2.45, 2.75) is 25.3 Å². The van der Waals surface area contributed by atoms with Crippen LogP contribution in [0.1, 0.15) is 19.3 Å². The quantitative estimate of drug-likeness (QED) is 0.808. The zero-order valence-corrected chi connectivity index (χ0v) is 12.1. The van der Waals surface area contributed by atoms with E-state index in [-0.39, 0.29) is 23.6 Å². The molecule has 1 atom stereocenters. The second-order valence-electron chi connectivity index (χ2n) is 5.41. The van der Waals surface area contributed by atoms with Gasteiger partial charge in [-0.15, -0.1) is 0 Å². The Bertz CT molecular complexity index is 417. The standard InChI is InChI=1S/C12H22N2O4S/c1-14(11-4-7-19(16,17)9-11)12(15)13-8-10-2-5-18-6-3-10/h10-11H,2-9H2,1H3,(H,13,15). The Morgan fingerprint density at radius 2 is 2.00 bits per heavy atom. The molecule has 0 bridgehead atoms. The molecule has 2 saturated heterocycles. The van der Waals surface area contributed by atoms with Gasteiger partial charge in [0.25, 0.3) is 0 Å². The summed E-state index contributed by atoms with van der Waals surface area (Å²) in [7, 11) is -1.28. The Morgan fingerprint density at radius 1 is 1.32 bits per heavy atom. The summed E-state index contributed by atoms with van der Waals surface area (Å²) < 4.78 is 28.1. The van der Waals surface area contributed by atoms with Gasteiger partial charge in [-0.3, -0.25) is 0 Å². The lowest BCUT2D eigenvalue weighted by molar-refractivity contribution is 0.0663. The molecule has 110 valence electrons. The van der Waals surface area contributed by atoms with Gasteiger partial charge in [-0.25, -0.2) is 13.2 Å². The third-order valence-corrected chi connectivity index (χ3v) is 5.71. The molecular weight excluding hydrogens is 268 g/mol. The molecule has 6 nitrogen and oxygen atoms in total. The molecule has 0 saturated carbocycles. The zero-order valence-electron chi connectivity index (χ0n) is 11.3. The molecule has 0 aromatic heterocycles. The van der Waals surface area contributed by atoms with E-state index in [1.165, 1.54) is 4.90 Å². The van der Waals surface area contributed by atoms with Gasteiger partial charge in [0.15, 0.2) is 9.84 Å². The molecule has 7 heteroatoms. The van der Waals surface area contributed by atoms with Crippen molar-refractivity contribution in [2.75, 3.05) is 38.3 Å². The Morgan fingerprint density at radius 3 is 2.58 bits per heavy atom. The number of carbonyl (C=O) groups excluding carboxylic acids is 1. The summed E-state index contributed by atoms with van der Waals surface area (Å²) in [6.45, 7) is 2.17. The van der Waals surface area contributed by atoms with Crippen molar-refractivity contribution in [3.8, 4) is 0 Å². The van der Waals surface area contributed by atoms with E-state index in [1.54, 1.807) is 7.05 Å². The predicted octanol–water partition coefficient (Wildman–Crippen LogP) is 0.242. The summed E-state index contributed by atoms with van der Waals surface area (Å²) in [6, 6.07) is -0.353. The lowest BCUT2D eigenvalue weighted by Gasteiger charge is -2.26. The molecule has 0 aliphatic carbocycles. The van der Waals surface area contributed by atoms with Crippen LogP contribution >= 0.6 is 0 Å². The normalized spacial score (nSPS) is 27.1. The van der Waals surface area contributed by atoms with Crippen LogP contribution in [-0.4, -0.2) is 63.7 Å². The van der Waals surface area contributed by atoms with Crippen molar-refractivity contribution in [1.29, 1.82) is 0 Å². The summed E-state index contributed by atoms with van der Waals surface area (Å²) in [5.41, 5.74) is 0. The summed E-state index contributed by atoms with van der Waals surface area (Å²) in [5, 5.41) is 2.89. The first-order chi connectivity index (χ1) is 8.98. The van der Waals surface area contributed by atoms with Crippen molar-refractivity contribution in [2.24, 2.45) is 5.92 Å². The van der Waals surface area contributed by atoms with Gasteiger partial charge in [-0.2, -0.15) is 0 Å². The molecule has 0 aromatic rings. The monoisotopic (exact) mass is 290 g/mol. The van der Waals surface area contributed by atoms with E-state index >= 15 is 0 Å². The fraction of sp³-hybridized carbons (Fsp3) is 0.917. The van der Waals surface area contributed by atoms with Gasteiger partial charge in [0, 0.05) is 32.8 Å². The van der Waals surface area contributed by atoms with E-state index in [0.717, 1.165) is 26.1 Å². The third kappa shape index (κ3) is 4.07. The zero-order chi connectivity index (χ0) is 13.9. The molecule has 1 N–H and O–H groups in total. The highest BCUT2D eigenvalue weighted by Gasteiger charge is 2.32. The summed E-state index contributed by atoms with van der Waals surface area (Å²) in [6.07, 6.45) is 2.49. The van der Waals surface area contributed by atoms with Gasteiger partial charge in [-0.1, -0.05) is 0 Å². The van der Waals surface area contributed by atoms with Crippen LogP contribution in [0.5, 0.6) is 0 Å². The van der Waals surface area contributed by atoms with Gasteiger partial charge in [0.1, 0.15) is 0 Å². The molecule has 0 spiro atoms. The van der Waals surface area contributed by atoms with Crippen LogP contribution in [0.15, 0.2) is 0 Å². The lowest BCUT2D eigenvalue weighted by Crippen LogP contribution is -2.45. The number of carbonyl (C=O) groups is 1. The van der Waals surface area contributed by atoms with Crippen molar-refractivity contribution in [3.05, 3.63) is 0 Å². The van der Waals surface area contributed by atoms with Crippen LogP contribution in [0.3, 0.4) is 0 Å². The number of hydrogen-bond acceptors (Lipinski definition) is 4. The van der Waals surface area contributed by atoms with Crippen LogP contribution in [0.4, 0.5) is 4.79 Å². The topological polar surface area (TPSA) is 75.7 Å². The van der Waals surface area contributed by atoms with Gasteiger partial charge < -0.3 is 15.0 Å². The average Bonchev–Trinajstić information content (AvgIpc) is 2.76. The summed E-state index contributed by atoms with van der Waals surface area (Å²) in [5.74, 6) is 0.752. The molecule has 2 amide bonds. The number of rotatable bonds is 3. The summed E-state index contributed by atoms with van der Waals surface area (Å²) in [4.78, 5) is 13.5. The highest BCUT2D eigenvalue weighted by atomic mass is 32.2. The van der Waals surface area contributed by atoms with Crippen LogP contribution in [0.25, 0.3) is 0 Å². The Kier molecular flexibility index (Phi) is 4.67. The Hall–Kier alpha value is -0.820. The maximum Gasteiger partial charge on any atom is 0.317 e. The first-order valence-corrected chi connectivity index (χ1v) is 8.59. The molecule has 2 heterocycles. The van der Waals surface area contributed by atoms with Crippen LogP contribution in [0, 0.1) is 5.92 Å². The van der Waals surface area contributed by atoms with E-state index < -0.39 is 9.84 Å². The molecule has 1 unspecified atom stereocenters. The second kappa shape index (κ2) is 6.09. The van der Waals surface area contributed by atoms with Gasteiger partial charge in [0.2, 0.25) is 0 Å². The van der Waals surface area contributed by atoms with E-state index in [9.17, 15) is 13.2 Å². The maximum absolute atomic E-state index is 12.0. The molecule has 2 aliphatic heterocycles. The second-order valence-corrected chi connectivity index (χ2v) is 7.64. The molecule has 2 rings (SSSR count). The van der Waals surface area contributed by atoms with Gasteiger partial charge >= 0.3 is 6.03 Å². The summed E-state index contributed by atoms with van der Waals surface area (Å²) >= 11 is 0. The number of hydrogen-bond donors (Lipinski definition) is 1. The Labute approximate surface area is 114 Å². The highest BCUT2D eigenvalue weighted by Crippen LogP contribution is 2.17. The fourth-order valence-corrected chi connectivity index (χ4v) is 4.33. The van der Waals surface area contributed by atoms with E-state index in [1.807, 2.05) is 0 Å². The minimum atomic E-state index is -2.95. The highest BCUT2D eigenvalue weighted by molar-refractivity contribution is 7.91. The van der Waals surface area contributed by atoms with Crippen molar-refractivity contribution in [1.82, 2.24) is 10.2 Å². The number of amides is 2. The number of urea groups is 1. The number of ether oxygens (including phenoxy) is 1. The largest absolute Gasteiger partial charge is 0.381 e. The van der Waals surface area contributed by atoms with E-state index in [4.69, 9.17) is 4.74 Å². The predicted molar refractivity (Wildman–Crippen MR) is 71.8 cm³/mol. The van der Waals surface area contributed by atoms with E-state index in [2.05, 4.69) is 5.32 Å². The van der Waals surface area contributed by atoms with Crippen LogP contribution < -0.4 is 5.32 Å². The Balaban J connectivity index is 1.76. The molecule has 0 radical (unpaired) electrons. The lowest BCUT2D eigenvalue weighted by atomic mass is 10.0. The molecule has 2 fully saturated rings. The number of sulfone groups is 1. The SMILES string of the molecule is CN(C(=O)NCC1CCOCC1)C1CCS(=O)(=O)C1. The van der Waals surface area contributed by atoms with E-state index in [0.29, 0.717) is 18.9 Å². The van der Waals surface area contributed by atoms with Crippen molar-refractivity contribution < 1.29 is 17.9 Å². The molecule has 19 heavy (non-hydrogen) atoms. The first-order valence-electron chi connectivity index (χ1n) is 6.77. The smallest absolute Gasteiger partial charge is 0.317 e. The minimum absolute atomic E-state index is 0.0915. The minimum Gasteiger partial charge on any atom is -0.381 e. The van der Waals surface area contributed by atoms with Crippen LogP contribution in [0.2, 0.25) is 0 Å². The molecular formula is C12H22N2O4S. The first kappa shape index (κ1) is 14.6. The molecule has 0 aromatic carbocycles. The van der Waals surface area contributed by atoms with Crippen molar-refractivity contribution in [3.63, 3.8) is 0 Å². The maximum atomic E-state index is 12.0. The number of nitrogens with one attached hydrogen (secondary N) is 1. The van der Waals surface area contributed by atoms with Crippen molar-refractivity contribution >= 4 is 15.9 Å². The average molecular weight is 290 g/mol. The number of nitrogens with zero attached hydrogens (tertiary/aromatic N) is 1. The van der Waals surface area contributed by atoms with Crippen LogP contribution in [-0.2, 0) is 14.6 Å². The van der Waals surface area contributed by atoms with Gasteiger partial charge in [-0.05, 0) is 25.2 Å². The molecule has 2 aliphatic rings. The third-order valence-electron chi connectivity index (χ3n) is 3.96. The fourth-order valence-electron chi connectivity index (χ4n) is 2.55.